The van der Waals surface area contributed by atoms with Crippen molar-refractivity contribution in [2.24, 2.45) is 0 Å². The first-order chi connectivity index (χ1) is 9.82. The highest BCUT2D eigenvalue weighted by Gasteiger charge is 2.20. The third-order valence-electron chi connectivity index (χ3n) is 2.98. The predicted molar refractivity (Wildman–Crippen MR) is 75.6 cm³/mol. The molecule has 2 N–H and O–H groups in total. The lowest BCUT2D eigenvalue weighted by atomic mass is 10.2. The summed E-state index contributed by atoms with van der Waals surface area (Å²) in [4.78, 5) is 27.5. The van der Waals surface area contributed by atoms with E-state index in [1.807, 2.05) is 0 Å². The lowest BCUT2D eigenvalue weighted by molar-refractivity contribution is 0.190. The van der Waals surface area contributed by atoms with Gasteiger partial charge >= 0.3 is 6.09 Å². The lowest BCUT2D eigenvalue weighted by Crippen LogP contribution is -2.42. The van der Waals surface area contributed by atoms with Gasteiger partial charge in [-0.25, -0.2) is 18.8 Å². The van der Waals surface area contributed by atoms with Crippen LogP contribution in [0.1, 0.15) is 18.8 Å². The summed E-state index contributed by atoms with van der Waals surface area (Å²) in [6.45, 7) is 1.56. The minimum absolute atomic E-state index is 0.127. The van der Waals surface area contributed by atoms with E-state index in [0.29, 0.717) is 0 Å². The number of nitrogens with zero attached hydrogens (tertiary/aromatic N) is 3. The second-order valence-corrected chi connectivity index (χ2v) is 4.74. The van der Waals surface area contributed by atoms with E-state index in [4.69, 9.17) is 5.11 Å². The third-order valence-corrected chi connectivity index (χ3v) is 2.98. The molecule has 0 aliphatic heterocycles. The number of carbonyl (C=O) groups is 1. The van der Waals surface area contributed by atoms with Crippen molar-refractivity contribution < 1.29 is 14.3 Å². The van der Waals surface area contributed by atoms with Gasteiger partial charge in [0.2, 0.25) is 0 Å². The molecule has 0 bridgehead atoms. The summed E-state index contributed by atoms with van der Waals surface area (Å²) in [6, 6.07) is 3.41. The Bertz CT molecular complexity index is 757. The molecule has 0 unspecified atom stereocenters. The molecule has 0 spiro atoms. The van der Waals surface area contributed by atoms with Gasteiger partial charge in [-0.3, -0.25) is 4.79 Å². The van der Waals surface area contributed by atoms with Crippen LogP contribution in [0.4, 0.5) is 9.18 Å². The van der Waals surface area contributed by atoms with Crippen LogP contribution in [0.3, 0.4) is 0 Å². The number of hydrogen-bond donors (Lipinski definition) is 2. The molecule has 0 saturated carbocycles. The molecule has 1 amide bonds. The van der Waals surface area contributed by atoms with Crippen LogP contribution in [0.5, 0.6) is 0 Å². The molecule has 1 atom stereocenters. The molecule has 8 heteroatoms. The molecule has 1 aromatic heterocycles. The smallest absolute Gasteiger partial charge is 0.405 e. The van der Waals surface area contributed by atoms with Gasteiger partial charge in [-0.1, -0.05) is 6.07 Å². The van der Waals surface area contributed by atoms with Gasteiger partial charge in [-0.05, 0) is 19.1 Å². The molecule has 112 valence electrons. The molecule has 0 aliphatic rings. The number of amides is 1. The van der Waals surface area contributed by atoms with E-state index in [1.165, 1.54) is 23.2 Å². The molecule has 0 radical (unpaired) electrons. The van der Waals surface area contributed by atoms with Gasteiger partial charge in [-0.15, -0.1) is 0 Å². The molecule has 2 aromatic rings. The average Bonchev–Trinajstić information content (AvgIpc) is 2.36. The normalized spacial score (nSPS) is 12.2. The molecule has 2 rings (SSSR count). The molecule has 1 aromatic carbocycles. The van der Waals surface area contributed by atoms with Crippen LogP contribution in [0.2, 0.25) is 0 Å². The van der Waals surface area contributed by atoms with Crippen LogP contribution in [0.25, 0.3) is 10.9 Å². The highest BCUT2D eigenvalue weighted by molar-refractivity contribution is 5.78. The molecule has 7 nitrogen and oxygen atoms in total. The van der Waals surface area contributed by atoms with Gasteiger partial charge in [0.05, 0.1) is 11.6 Å². The Hall–Kier alpha value is -2.64. The summed E-state index contributed by atoms with van der Waals surface area (Å²) >= 11 is 0. The van der Waals surface area contributed by atoms with Crippen LogP contribution < -0.4 is 15.9 Å². The van der Waals surface area contributed by atoms with Crippen molar-refractivity contribution in [1.29, 1.82) is 0 Å². The fourth-order valence-corrected chi connectivity index (χ4v) is 2.11. The Labute approximate surface area is 119 Å². The van der Waals surface area contributed by atoms with E-state index >= 15 is 0 Å². The van der Waals surface area contributed by atoms with E-state index in [-0.39, 0.29) is 16.7 Å². The maximum Gasteiger partial charge on any atom is 0.405 e. The Kier molecular flexibility index (Phi) is 3.79. The predicted octanol–water partition coefficient (Wildman–Crippen LogP) is 1.06. The Morgan fingerprint density at radius 1 is 1.48 bits per heavy atom. The zero-order valence-electron chi connectivity index (χ0n) is 11.8. The topological polar surface area (TPSA) is 87.5 Å². The van der Waals surface area contributed by atoms with Gasteiger partial charge in [0, 0.05) is 14.1 Å². The first-order valence-electron chi connectivity index (χ1n) is 6.21. The highest BCUT2D eigenvalue weighted by atomic mass is 19.1. The van der Waals surface area contributed by atoms with Gasteiger partial charge in [0.25, 0.3) is 5.56 Å². The first kappa shape index (κ1) is 14.8. The van der Waals surface area contributed by atoms with Crippen molar-refractivity contribution in [2.75, 3.05) is 19.1 Å². The number of nitrogens with one attached hydrogen (secondary N) is 1. The van der Waals surface area contributed by atoms with E-state index in [0.717, 1.165) is 4.68 Å². The standard InChI is InChI=1S/C13H15FN4O3/c1-7(15-13(20)21)11-16-9-6-4-5-8(14)10(9)12(19)18(11)17(2)3/h4-7,15H,1-3H3,(H,20,21)/t7-/m0/s1. The maximum atomic E-state index is 13.9. The van der Waals surface area contributed by atoms with Crippen LogP contribution in [0, 0.1) is 5.82 Å². The van der Waals surface area contributed by atoms with Crippen molar-refractivity contribution in [3.8, 4) is 0 Å². The second-order valence-electron chi connectivity index (χ2n) is 4.74. The maximum absolute atomic E-state index is 13.9. The van der Waals surface area contributed by atoms with Gasteiger partial charge in [-0.2, -0.15) is 0 Å². The summed E-state index contributed by atoms with van der Waals surface area (Å²) in [5, 5.41) is 12.3. The number of benzene rings is 1. The zero-order valence-corrected chi connectivity index (χ0v) is 11.8. The highest BCUT2D eigenvalue weighted by Crippen LogP contribution is 2.16. The van der Waals surface area contributed by atoms with E-state index in [1.54, 1.807) is 21.0 Å². The summed E-state index contributed by atoms with van der Waals surface area (Å²) in [5.41, 5.74) is -0.399. The molecule has 21 heavy (non-hydrogen) atoms. The number of rotatable bonds is 3. The second kappa shape index (κ2) is 5.39. The van der Waals surface area contributed by atoms with Crippen LogP contribution in [-0.2, 0) is 0 Å². The SMILES string of the molecule is C[C@H](NC(=O)O)c1nc2cccc(F)c2c(=O)n1N(C)C. The molecule has 0 fully saturated rings. The largest absolute Gasteiger partial charge is 0.465 e. The fraction of sp³-hybridized carbons (Fsp3) is 0.308. The minimum atomic E-state index is -1.23. The summed E-state index contributed by atoms with van der Waals surface area (Å²) in [6.07, 6.45) is -1.23. The van der Waals surface area contributed by atoms with Gasteiger partial charge in [0.15, 0.2) is 5.82 Å². The lowest BCUT2D eigenvalue weighted by Gasteiger charge is -2.23. The van der Waals surface area contributed by atoms with E-state index < -0.39 is 23.5 Å². The Morgan fingerprint density at radius 3 is 2.71 bits per heavy atom. The van der Waals surface area contributed by atoms with Crippen molar-refractivity contribution >= 4 is 17.0 Å². The van der Waals surface area contributed by atoms with Crippen molar-refractivity contribution in [3.63, 3.8) is 0 Å². The van der Waals surface area contributed by atoms with Crippen molar-refractivity contribution in [3.05, 3.63) is 40.2 Å². The summed E-state index contributed by atoms with van der Waals surface area (Å²) in [5.74, 6) is -0.475. The quantitative estimate of drug-likeness (QED) is 0.884. The zero-order chi connectivity index (χ0) is 15.7. The molecular weight excluding hydrogens is 279 g/mol. The number of aromatic nitrogens is 2. The average molecular weight is 294 g/mol. The number of fused-ring (bicyclic) bond motifs is 1. The first-order valence-corrected chi connectivity index (χ1v) is 6.21. The summed E-state index contributed by atoms with van der Waals surface area (Å²) < 4.78 is 15.0. The van der Waals surface area contributed by atoms with E-state index in [2.05, 4.69) is 10.3 Å². The molecule has 1 heterocycles. The minimum Gasteiger partial charge on any atom is -0.465 e. The van der Waals surface area contributed by atoms with Gasteiger partial charge in [0.1, 0.15) is 11.2 Å². The number of halogens is 1. The van der Waals surface area contributed by atoms with E-state index in [9.17, 15) is 14.0 Å². The van der Waals surface area contributed by atoms with Crippen LogP contribution in [0.15, 0.2) is 23.0 Å². The number of carboxylic acid groups (broad SMARTS) is 1. The third kappa shape index (κ3) is 2.64. The summed E-state index contributed by atoms with van der Waals surface area (Å²) in [7, 11) is 3.18. The molecule has 0 saturated heterocycles. The van der Waals surface area contributed by atoms with Crippen LogP contribution >= 0.6 is 0 Å². The monoisotopic (exact) mass is 294 g/mol. The fourth-order valence-electron chi connectivity index (χ4n) is 2.11. The van der Waals surface area contributed by atoms with Crippen molar-refractivity contribution in [1.82, 2.24) is 15.0 Å². The Balaban J connectivity index is 2.78. The van der Waals surface area contributed by atoms with Crippen LogP contribution in [-0.4, -0.2) is 35.0 Å². The Morgan fingerprint density at radius 2 is 2.14 bits per heavy atom. The molecule has 0 aliphatic carbocycles. The number of hydrogen-bond acceptors (Lipinski definition) is 4. The molecular formula is C13H15FN4O3. The van der Waals surface area contributed by atoms with Gasteiger partial charge < -0.3 is 15.4 Å². The van der Waals surface area contributed by atoms with Crippen molar-refractivity contribution in [2.45, 2.75) is 13.0 Å².